The fourth-order valence-corrected chi connectivity index (χ4v) is 1.51. The summed E-state index contributed by atoms with van der Waals surface area (Å²) in [5.41, 5.74) is -0.942. The van der Waals surface area contributed by atoms with Crippen molar-refractivity contribution in [1.29, 1.82) is 0 Å². The molecule has 0 aliphatic heterocycles. The third-order valence-corrected chi connectivity index (χ3v) is 2.31. The summed E-state index contributed by atoms with van der Waals surface area (Å²) < 4.78 is 37.5. The molecule has 17 heavy (non-hydrogen) atoms. The van der Waals surface area contributed by atoms with Gasteiger partial charge in [0.2, 0.25) is 5.95 Å². The topological polar surface area (TPSA) is 29.0 Å². The number of anilines is 1. The fraction of sp³-hybridized carbons (Fsp3) is 0.600. The van der Waals surface area contributed by atoms with Gasteiger partial charge in [0.1, 0.15) is 5.69 Å². The van der Waals surface area contributed by atoms with Crippen molar-refractivity contribution in [1.82, 2.24) is 9.97 Å². The first-order valence-electron chi connectivity index (χ1n) is 5.09. The van der Waals surface area contributed by atoms with Crippen LogP contribution in [0, 0.1) is 0 Å². The molecular weight excluding hydrogens is 255 g/mol. The van der Waals surface area contributed by atoms with Gasteiger partial charge in [-0.25, -0.2) is 9.97 Å². The monoisotopic (exact) mass is 267 g/mol. The second kappa shape index (κ2) is 5.53. The molecule has 0 saturated heterocycles. The summed E-state index contributed by atoms with van der Waals surface area (Å²) in [4.78, 5) is 8.99. The van der Waals surface area contributed by atoms with E-state index in [0.29, 0.717) is 12.4 Å². The molecule has 3 nitrogen and oxygen atoms in total. The highest BCUT2D eigenvalue weighted by atomic mass is 35.5. The minimum atomic E-state index is -4.46. The van der Waals surface area contributed by atoms with Crippen LogP contribution in [0.1, 0.15) is 19.5 Å². The Balaban J connectivity index is 3.04. The van der Waals surface area contributed by atoms with E-state index in [4.69, 9.17) is 11.6 Å². The van der Waals surface area contributed by atoms with Crippen LogP contribution < -0.4 is 4.90 Å². The maximum Gasteiger partial charge on any atom is 0.433 e. The van der Waals surface area contributed by atoms with E-state index in [1.807, 2.05) is 13.8 Å². The molecule has 0 radical (unpaired) electrons. The summed E-state index contributed by atoms with van der Waals surface area (Å²) in [5.74, 6) is 0.355. The van der Waals surface area contributed by atoms with Crippen LogP contribution in [-0.4, -0.2) is 28.4 Å². The average Bonchev–Trinajstić information content (AvgIpc) is 2.24. The lowest BCUT2D eigenvalue weighted by Gasteiger charge is -2.26. The van der Waals surface area contributed by atoms with Crippen LogP contribution in [0.5, 0.6) is 0 Å². The van der Waals surface area contributed by atoms with Crippen LogP contribution in [0.3, 0.4) is 0 Å². The van der Waals surface area contributed by atoms with Crippen molar-refractivity contribution in [2.24, 2.45) is 0 Å². The number of halogens is 4. The first-order valence-corrected chi connectivity index (χ1v) is 5.62. The van der Waals surface area contributed by atoms with E-state index in [-0.39, 0.29) is 12.0 Å². The molecule has 0 amide bonds. The summed E-state index contributed by atoms with van der Waals surface area (Å²) in [7, 11) is 0. The van der Waals surface area contributed by atoms with Gasteiger partial charge < -0.3 is 4.90 Å². The van der Waals surface area contributed by atoms with E-state index < -0.39 is 11.9 Å². The van der Waals surface area contributed by atoms with Gasteiger partial charge in [-0.15, -0.1) is 11.6 Å². The van der Waals surface area contributed by atoms with Gasteiger partial charge in [-0.1, -0.05) is 0 Å². The fourth-order valence-electron chi connectivity index (χ4n) is 1.32. The molecular formula is C10H13ClF3N3. The zero-order chi connectivity index (χ0) is 13.1. The molecule has 0 aliphatic carbocycles. The van der Waals surface area contributed by atoms with Crippen molar-refractivity contribution in [3.63, 3.8) is 0 Å². The highest BCUT2D eigenvalue weighted by Crippen LogP contribution is 2.28. The van der Waals surface area contributed by atoms with Crippen molar-refractivity contribution in [2.75, 3.05) is 17.3 Å². The van der Waals surface area contributed by atoms with E-state index in [2.05, 4.69) is 9.97 Å². The van der Waals surface area contributed by atoms with Crippen molar-refractivity contribution in [3.8, 4) is 0 Å². The molecule has 1 aromatic heterocycles. The lowest BCUT2D eigenvalue weighted by molar-refractivity contribution is -0.141. The van der Waals surface area contributed by atoms with Crippen LogP contribution in [0.15, 0.2) is 12.3 Å². The van der Waals surface area contributed by atoms with Gasteiger partial charge in [0, 0.05) is 24.7 Å². The van der Waals surface area contributed by atoms with E-state index in [0.717, 1.165) is 12.3 Å². The lowest BCUT2D eigenvalue weighted by Crippen LogP contribution is -2.34. The van der Waals surface area contributed by atoms with Gasteiger partial charge in [0.25, 0.3) is 0 Å². The van der Waals surface area contributed by atoms with Crippen molar-refractivity contribution < 1.29 is 13.2 Å². The molecule has 0 spiro atoms. The van der Waals surface area contributed by atoms with E-state index >= 15 is 0 Å². The van der Waals surface area contributed by atoms with Gasteiger partial charge in [-0.2, -0.15) is 13.2 Å². The highest BCUT2D eigenvalue weighted by Gasteiger charge is 2.33. The predicted molar refractivity (Wildman–Crippen MR) is 60.2 cm³/mol. The molecule has 1 aromatic rings. The molecule has 0 atom stereocenters. The largest absolute Gasteiger partial charge is 0.433 e. The summed E-state index contributed by atoms with van der Waals surface area (Å²) in [6.45, 7) is 4.09. The van der Waals surface area contributed by atoms with Crippen molar-refractivity contribution >= 4 is 17.5 Å². The zero-order valence-electron chi connectivity index (χ0n) is 9.50. The van der Waals surface area contributed by atoms with Gasteiger partial charge in [0.15, 0.2) is 0 Å². The number of hydrogen-bond donors (Lipinski definition) is 0. The number of aromatic nitrogens is 2. The molecule has 1 rings (SSSR count). The standard InChI is InChI=1S/C10H13ClF3N3/c1-7(2)17(6-4-11)9-15-5-3-8(16-9)10(12,13)14/h3,5,7H,4,6H2,1-2H3. The Morgan fingerprint density at radius 2 is 2.06 bits per heavy atom. The number of rotatable bonds is 4. The normalized spacial score (nSPS) is 11.9. The Hall–Kier alpha value is -1.04. The predicted octanol–water partition coefficient (Wildman–Crippen LogP) is 2.95. The van der Waals surface area contributed by atoms with Gasteiger partial charge in [-0.3, -0.25) is 0 Å². The molecule has 0 unspecified atom stereocenters. The number of nitrogens with zero attached hydrogens (tertiary/aromatic N) is 3. The summed E-state index contributed by atoms with van der Waals surface area (Å²) in [6.07, 6.45) is -3.35. The minimum Gasteiger partial charge on any atom is -0.337 e. The van der Waals surface area contributed by atoms with E-state index in [9.17, 15) is 13.2 Å². The maximum atomic E-state index is 12.5. The maximum absolute atomic E-state index is 12.5. The number of hydrogen-bond acceptors (Lipinski definition) is 3. The SMILES string of the molecule is CC(C)N(CCCl)c1nccc(C(F)(F)F)n1. The zero-order valence-corrected chi connectivity index (χ0v) is 10.3. The third kappa shape index (κ3) is 3.73. The Morgan fingerprint density at radius 1 is 1.41 bits per heavy atom. The molecule has 0 saturated carbocycles. The van der Waals surface area contributed by atoms with Crippen molar-refractivity contribution in [2.45, 2.75) is 26.1 Å². The molecule has 7 heteroatoms. The van der Waals surface area contributed by atoms with Crippen LogP contribution >= 0.6 is 11.6 Å². The first-order chi connectivity index (χ1) is 7.86. The summed E-state index contributed by atoms with van der Waals surface area (Å²) in [5, 5.41) is 0. The van der Waals surface area contributed by atoms with E-state index in [1.165, 1.54) is 0 Å². The molecule has 0 bridgehead atoms. The van der Waals surface area contributed by atoms with Crippen LogP contribution in [0.4, 0.5) is 19.1 Å². The molecule has 96 valence electrons. The van der Waals surface area contributed by atoms with Gasteiger partial charge in [0.05, 0.1) is 0 Å². The number of alkyl halides is 4. The van der Waals surface area contributed by atoms with Crippen molar-refractivity contribution in [3.05, 3.63) is 18.0 Å². The molecule has 0 N–H and O–H groups in total. The molecule has 0 fully saturated rings. The van der Waals surface area contributed by atoms with Crippen LogP contribution in [0.25, 0.3) is 0 Å². The Kier molecular flexibility index (Phi) is 4.56. The van der Waals surface area contributed by atoms with Crippen LogP contribution in [0.2, 0.25) is 0 Å². The quantitative estimate of drug-likeness (QED) is 0.786. The molecule has 1 heterocycles. The highest BCUT2D eigenvalue weighted by molar-refractivity contribution is 6.18. The summed E-state index contributed by atoms with van der Waals surface area (Å²) in [6, 6.07) is 0.833. The van der Waals surface area contributed by atoms with E-state index in [1.54, 1.807) is 4.90 Å². The average molecular weight is 268 g/mol. The van der Waals surface area contributed by atoms with Gasteiger partial charge >= 0.3 is 6.18 Å². The lowest BCUT2D eigenvalue weighted by atomic mass is 10.3. The second-order valence-electron chi connectivity index (χ2n) is 3.72. The Bertz CT molecular complexity index is 368. The molecule has 0 aliphatic rings. The first kappa shape index (κ1) is 14.0. The van der Waals surface area contributed by atoms with Crippen LogP contribution in [-0.2, 0) is 6.18 Å². The summed E-state index contributed by atoms with van der Waals surface area (Å²) >= 11 is 5.60. The second-order valence-corrected chi connectivity index (χ2v) is 4.09. The van der Waals surface area contributed by atoms with Gasteiger partial charge in [-0.05, 0) is 19.9 Å². The third-order valence-electron chi connectivity index (χ3n) is 2.14. The minimum absolute atomic E-state index is 0.0165. The Morgan fingerprint density at radius 3 is 2.53 bits per heavy atom. The smallest absolute Gasteiger partial charge is 0.337 e. The Labute approximate surface area is 103 Å². The molecule has 0 aromatic carbocycles.